The number of carbonyl (C=O) groups is 4. The highest BCUT2D eigenvalue weighted by Crippen LogP contribution is 2.32. The van der Waals surface area contributed by atoms with Gasteiger partial charge in [0.25, 0.3) is 0 Å². The highest BCUT2D eigenvalue weighted by Gasteiger charge is 2.46. The largest absolute Gasteiger partial charge is 0.444 e. The lowest BCUT2D eigenvalue weighted by Gasteiger charge is -2.37. The first kappa shape index (κ1) is 43.1. The second kappa shape index (κ2) is 20.2. The van der Waals surface area contributed by atoms with E-state index >= 15 is 0 Å². The Labute approximate surface area is 309 Å². The van der Waals surface area contributed by atoms with E-state index in [0.29, 0.717) is 33.0 Å². The molecule has 4 amide bonds. The first-order valence-electron chi connectivity index (χ1n) is 18.4. The molecule has 1 aliphatic heterocycles. The monoisotopic (exact) mass is 734 g/mol. The molecule has 1 aromatic carbocycles. The number of aliphatic hydroxyl groups is 1. The number of aryl methyl sites for hydroxylation is 1. The number of amides is 4. The van der Waals surface area contributed by atoms with E-state index in [4.69, 9.17) is 28.8 Å². The lowest BCUT2D eigenvalue weighted by molar-refractivity contribution is -0.144. The third-order valence-corrected chi connectivity index (χ3v) is 9.14. The van der Waals surface area contributed by atoms with Gasteiger partial charge in [0, 0.05) is 20.0 Å². The summed E-state index contributed by atoms with van der Waals surface area (Å²) < 4.78 is 27.8. The van der Waals surface area contributed by atoms with Crippen LogP contribution in [0.5, 0.6) is 0 Å². The van der Waals surface area contributed by atoms with E-state index in [1.165, 1.54) is 22.4 Å². The van der Waals surface area contributed by atoms with Gasteiger partial charge in [-0.15, -0.1) is 0 Å². The average molecular weight is 735 g/mol. The fourth-order valence-corrected chi connectivity index (χ4v) is 6.21. The molecule has 0 radical (unpaired) electrons. The average Bonchev–Trinajstić information content (AvgIpc) is 3.52. The highest BCUT2D eigenvalue weighted by atomic mass is 16.6. The molecule has 52 heavy (non-hydrogen) atoms. The number of hydrogen-bond acceptors (Lipinski definition) is 10. The SMILES string of the molecule is C[C@@H](C(=O)N[C@H](C(=O)N1C[C@@H](OCCOCCOCCOCCO)C[C@H]1C(=O)N[C@@H]1CCCc2ccccc21)C(C)(C)C)N(C)C(=O)OC(C)(C)C. The molecule has 0 bridgehead atoms. The Balaban J connectivity index is 1.70. The lowest BCUT2D eigenvalue weighted by Crippen LogP contribution is -2.60. The first-order chi connectivity index (χ1) is 24.5. The van der Waals surface area contributed by atoms with Gasteiger partial charge < -0.3 is 44.3 Å². The minimum Gasteiger partial charge on any atom is -0.444 e. The molecule has 14 nitrogen and oxygen atoms in total. The fraction of sp³-hybridized carbons (Fsp3) is 0.737. The predicted octanol–water partition coefficient (Wildman–Crippen LogP) is 2.99. The Bertz CT molecular complexity index is 1310. The molecule has 14 heteroatoms. The van der Waals surface area contributed by atoms with Crippen molar-refractivity contribution in [2.75, 3.05) is 66.4 Å². The van der Waals surface area contributed by atoms with Crippen molar-refractivity contribution in [3.05, 3.63) is 35.4 Å². The van der Waals surface area contributed by atoms with Crippen molar-refractivity contribution in [2.24, 2.45) is 5.41 Å². The second-order valence-electron chi connectivity index (χ2n) is 15.5. The quantitative estimate of drug-likeness (QED) is 0.191. The molecule has 1 aromatic rings. The van der Waals surface area contributed by atoms with Gasteiger partial charge in [0.1, 0.15) is 23.7 Å². The van der Waals surface area contributed by atoms with Crippen LogP contribution in [0.25, 0.3) is 0 Å². The van der Waals surface area contributed by atoms with Crippen LogP contribution in [-0.2, 0) is 44.5 Å². The van der Waals surface area contributed by atoms with E-state index in [1.54, 1.807) is 27.7 Å². The summed E-state index contributed by atoms with van der Waals surface area (Å²) in [7, 11) is 1.48. The zero-order valence-electron chi connectivity index (χ0n) is 32.4. The van der Waals surface area contributed by atoms with Crippen molar-refractivity contribution in [1.82, 2.24) is 20.4 Å². The normalized spacial score (nSPS) is 20.1. The molecule has 1 heterocycles. The van der Waals surface area contributed by atoms with Crippen LogP contribution in [0.3, 0.4) is 0 Å². The molecule has 0 unspecified atom stereocenters. The number of aliphatic hydroxyl groups excluding tert-OH is 1. The molecule has 294 valence electrons. The van der Waals surface area contributed by atoms with E-state index < -0.39 is 53.2 Å². The lowest BCUT2D eigenvalue weighted by atomic mass is 9.85. The maximum Gasteiger partial charge on any atom is 0.410 e. The Kier molecular flexibility index (Phi) is 16.8. The van der Waals surface area contributed by atoms with Crippen molar-refractivity contribution in [3.8, 4) is 0 Å². The van der Waals surface area contributed by atoms with Crippen LogP contribution in [0.4, 0.5) is 4.79 Å². The number of rotatable bonds is 18. The number of benzene rings is 1. The summed E-state index contributed by atoms with van der Waals surface area (Å²) in [5, 5.41) is 14.9. The van der Waals surface area contributed by atoms with Gasteiger partial charge >= 0.3 is 6.09 Å². The van der Waals surface area contributed by atoms with Gasteiger partial charge in [-0.2, -0.15) is 0 Å². The van der Waals surface area contributed by atoms with Crippen LogP contribution >= 0.6 is 0 Å². The molecule has 2 aliphatic rings. The van der Waals surface area contributed by atoms with Gasteiger partial charge in [0.2, 0.25) is 17.7 Å². The van der Waals surface area contributed by atoms with Crippen molar-refractivity contribution in [3.63, 3.8) is 0 Å². The minimum absolute atomic E-state index is 0.0291. The van der Waals surface area contributed by atoms with Gasteiger partial charge in [-0.05, 0) is 63.5 Å². The van der Waals surface area contributed by atoms with E-state index in [2.05, 4.69) is 16.7 Å². The molecule has 3 rings (SSSR count). The molecule has 0 aromatic heterocycles. The number of hydrogen-bond donors (Lipinski definition) is 3. The van der Waals surface area contributed by atoms with E-state index in [9.17, 15) is 19.2 Å². The van der Waals surface area contributed by atoms with Crippen LogP contribution in [0.1, 0.15) is 84.9 Å². The van der Waals surface area contributed by atoms with Crippen molar-refractivity contribution in [2.45, 2.75) is 110 Å². The number of ether oxygens (including phenoxy) is 5. The summed E-state index contributed by atoms with van der Waals surface area (Å²) in [4.78, 5) is 57.5. The third kappa shape index (κ3) is 13.3. The van der Waals surface area contributed by atoms with Crippen molar-refractivity contribution < 1.29 is 48.0 Å². The minimum atomic E-state index is -1.00. The number of fused-ring (bicyclic) bond motifs is 1. The number of carbonyl (C=O) groups excluding carboxylic acids is 4. The number of likely N-dealkylation sites (tertiary alicyclic amines) is 1. The first-order valence-corrected chi connectivity index (χ1v) is 18.4. The van der Waals surface area contributed by atoms with Gasteiger partial charge in [0.05, 0.1) is 65.0 Å². The molecule has 0 spiro atoms. The third-order valence-electron chi connectivity index (χ3n) is 9.14. The molecule has 1 saturated heterocycles. The van der Waals surface area contributed by atoms with Crippen LogP contribution < -0.4 is 10.6 Å². The molecule has 0 saturated carbocycles. The van der Waals surface area contributed by atoms with E-state index in [-0.39, 0.29) is 44.7 Å². The summed E-state index contributed by atoms with van der Waals surface area (Å²) in [5.74, 6) is -1.19. The van der Waals surface area contributed by atoms with Gasteiger partial charge in [-0.1, -0.05) is 45.0 Å². The number of nitrogens with one attached hydrogen (secondary N) is 2. The molecule has 3 N–H and O–H groups in total. The Morgan fingerprint density at radius 1 is 0.942 bits per heavy atom. The Morgan fingerprint density at radius 3 is 2.17 bits per heavy atom. The zero-order chi connectivity index (χ0) is 38.5. The van der Waals surface area contributed by atoms with Crippen LogP contribution in [-0.4, -0.2) is 135 Å². The Hall–Kier alpha value is -3.30. The van der Waals surface area contributed by atoms with E-state index in [1.807, 2.05) is 39.0 Å². The standard InChI is InChI=1S/C38H62N4O10/c1-26(41(8)36(47)52-38(5,6)7)33(44)40-32(37(2,3)4)35(46)42-25-28(51-23-22-50-21-20-49-19-18-48-17-16-43)24-31(42)34(45)39-30-15-11-13-27-12-9-10-14-29(27)30/h9-10,12,14,26,28,30-32,43H,11,13,15-25H2,1-8H3,(H,39,45)(H,40,44)/t26-,28-,30+,31-,32+/m0/s1. The summed E-state index contributed by atoms with van der Waals surface area (Å²) >= 11 is 0. The summed E-state index contributed by atoms with van der Waals surface area (Å²) in [6.07, 6.45) is 1.88. The maximum atomic E-state index is 14.5. The molecular formula is C38H62N4O10. The Morgan fingerprint density at radius 2 is 1.56 bits per heavy atom. The van der Waals surface area contributed by atoms with Crippen LogP contribution in [0.2, 0.25) is 0 Å². The highest BCUT2D eigenvalue weighted by molar-refractivity contribution is 5.94. The molecule has 5 atom stereocenters. The maximum absolute atomic E-state index is 14.5. The van der Waals surface area contributed by atoms with Crippen LogP contribution in [0, 0.1) is 5.41 Å². The zero-order valence-corrected chi connectivity index (χ0v) is 32.4. The predicted molar refractivity (Wildman–Crippen MR) is 195 cm³/mol. The summed E-state index contributed by atoms with van der Waals surface area (Å²) in [6, 6.07) is 5.17. The smallest absolute Gasteiger partial charge is 0.410 e. The number of likely N-dealkylation sites (N-methyl/N-ethyl adjacent to an activating group) is 1. The second-order valence-corrected chi connectivity index (χ2v) is 15.5. The molecule has 1 fully saturated rings. The van der Waals surface area contributed by atoms with Crippen molar-refractivity contribution in [1.29, 1.82) is 0 Å². The fourth-order valence-electron chi connectivity index (χ4n) is 6.21. The van der Waals surface area contributed by atoms with Gasteiger partial charge in [0.15, 0.2) is 0 Å². The van der Waals surface area contributed by atoms with Crippen LogP contribution in [0.15, 0.2) is 24.3 Å². The van der Waals surface area contributed by atoms with Gasteiger partial charge in [-0.3, -0.25) is 19.3 Å². The van der Waals surface area contributed by atoms with Gasteiger partial charge in [-0.25, -0.2) is 4.79 Å². The summed E-state index contributed by atoms with van der Waals surface area (Å²) in [5.41, 5.74) is 0.820. The molecular weight excluding hydrogens is 672 g/mol. The topological polar surface area (TPSA) is 165 Å². The summed E-state index contributed by atoms with van der Waals surface area (Å²) in [6.45, 7) is 14.8. The van der Waals surface area contributed by atoms with Crippen molar-refractivity contribution >= 4 is 23.8 Å². The molecule has 1 aliphatic carbocycles. The van der Waals surface area contributed by atoms with E-state index in [0.717, 1.165) is 24.8 Å². The number of nitrogens with zero attached hydrogens (tertiary/aromatic N) is 2.